The van der Waals surface area contributed by atoms with Crippen LogP contribution in [-0.4, -0.2) is 33.7 Å². The number of nitrogens with one attached hydrogen (secondary N) is 1. The number of amides is 1. The van der Waals surface area contributed by atoms with Crippen molar-refractivity contribution in [3.63, 3.8) is 0 Å². The number of halogens is 1. The standard InChI is InChI=1S/C11H8ClN3O4S/c1-19-8-3-7(6(12)2-5(8)11(17)18)14-10(16)9-4-13-15-20-9/h2-4H,1H3,(H,14,16)(H,17,18). The van der Waals surface area contributed by atoms with Gasteiger partial charge in [0.2, 0.25) is 0 Å². The minimum atomic E-state index is -1.17. The summed E-state index contributed by atoms with van der Waals surface area (Å²) < 4.78 is 8.54. The molecular formula is C11H8ClN3O4S. The van der Waals surface area contributed by atoms with Crippen LogP contribution in [0.2, 0.25) is 5.02 Å². The molecule has 20 heavy (non-hydrogen) atoms. The van der Waals surface area contributed by atoms with Gasteiger partial charge in [0.05, 0.1) is 24.0 Å². The molecule has 1 amide bonds. The lowest BCUT2D eigenvalue weighted by atomic mass is 10.1. The second-order valence-corrected chi connectivity index (χ2v) is 4.77. The predicted molar refractivity (Wildman–Crippen MR) is 72.8 cm³/mol. The van der Waals surface area contributed by atoms with Crippen LogP contribution in [-0.2, 0) is 0 Å². The molecule has 0 radical (unpaired) electrons. The van der Waals surface area contributed by atoms with Crippen molar-refractivity contribution in [1.29, 1.82) is 0 Å². The number of carboxylic acids is 1. The molecule has 0 spiro atoms. The van der Waals surface area contributed by atoms with E-state index in [-0.39, 0.29) is 22.0 Å². The van der Waals surface area contributed by atoms with Gasteiger partial charge in [-0.25, -0.2) is 4.79 Å². The Kier molecular flexibility index (Phi) is 4.16. The first kappa shape index (κ1) is 14.2. The van der Waals surface area contributed by atoms with Gasteiger partial charge in [0.25, 0.3) is 5.91 Å². The molecule has 0 bridgehead atoms. The van der Waals surface area contributed by atoms with Crippen LogP contribution < -0.4 is 10.1 Å². The lowest BCUT2D eigenvalue weighted by molar-refractivity contribution is 0.0693. The van der Waals surface area contributed by atoms with Crippen LogP contribution in [0.1, 0.15) is 20.0 Å². The van der Waals surface area contributed by atoms with Gasteiger partial charge in [0.1, 0.15) is 16.2 Å². The monoisotopic (exact) mass is 313 g/mol. The number of benzene rings is 1. The second-order valence-electron chi connectivity index (χ2n) is 3.57. The topological polar surface area (TPSA) is 101 Å². The van der Waals surface area contributed by atoms with Crippen molar-refractivity contribution in [2.45, 2.75) is 0 Å². The van der Waals surface area contributed by atoms with E-state index in [4.69, 9.17) is 21.4 Å². The number of anilines is 1. The van der Waals surface area contributed by atoms with E-state index in [2.05, 4.69) is 14.9 Å². The molecule has 7 nitrogen and oxygen atoms in total. The van der Waals surface area contributed by atoms with Gasteiger partial charge in [-0.05, 0) is 17.6 Å². The molecule has 0 saturated carbocycles. The molecule has 2 rings (SSSR count). The third-order valence-corrected chi connectivity index (χ3v) is 3.33. The highest BCUT2D eigenvalue weighted by Gasteiger charge is 2.17. The van der Waals surface area contributed by atoms with E-state index < -0.39 is 11.9 Å². The molecule has 2 aromatic rings. The number of hydrogen-bond acceptors (Lipinski definition) is 6. The summed E-state index contributed by atoms with van der Waals surface area (Å²) in [4.78, 5) is 23.2. The minimum Gasteiger partial charge on any atom is -0.496 e. The Morgan fingerprint density at radius 1 is 1.45 bits per heavy atom. The molecule has 0 atom stereocenters. The number of carbonyl (C=O) groups is 2. The van der Waals surface area contributed by atoms with Crippen LogP contribution in [0.3, 0.4) is 0 Å². The number of hydrogen-bond donors (Lipinski definition) is 2. The Hall–Kier alpha value is -2.19. The SMILES string of the molecule is COc1cc(NC(=O)c2cnns2)c(Cl)cc1C(=O)O. The lowest BCUT2D eigenvalue weighted by Gasteiger charge is -2.10. The molecule has 2 N–H and O–H groups in total. The average molecular weight is 314 g/mol. The maximum absolute atomic E-state index is 11.8. The molecule has 1 aromatic heterocycles. The van der Waals surface area contributed by atoms with E-state index in [0.717, 1.165) is 11.5 Å². The summed E-state index contributed by atoms with van der Waals surface area (Å²) in [5.74, 6) is -1.51. The van der Waals surface area contributed by atoms with Crippen LogP contribution >= 0.6 is 23.1 Å². The Bertz CT molecular complexity index is 660. The normalized spacial score (nSPS) is 10.1. The van der Waals surface area contributed by atoms with Crippen LogP contribution in [0.15, 0.2) is 18.3 Å². The summed E-state index contributed by atoms with van der Waals surface area (Å²) in [5, 5.41) is 15.2. The van der Waals surface area contributed by atoms with Gasteiger partial charge in [-0.15, -0.1) is 5.10 Å². The summed E-state index contributed by atoms with van der Waals surface area (Å²) in [6, 6.07) is 2.56. The average Bonchev–Trinajstić information content (AvgIpc) is 2.94. The maximum Gasteiger partial charge on any atom is 0.339 e. The summed E-state index contributed by atoms with van der Waals surface area (Å²) in [7, 11) is 1.33. The Morgan fingerprint density at radius 2 is 2.20 bits per heavy atom. The summed E-state index contributed by atoms with van der Waals surface area (Å²) in [6.45, 7) is 0. The third kappa shape index (κ3) is 2.86. The molecule has 0 aliphatic rings. The number of ether oxygens (including phenoxy) is 1. The largest absolute Gasteiger partial charge is 0.496 e. The first-order chi connectivity index (χ1) is 9.52. The van der Waals surface area contributed by atoms with Gasteiger partial charge in [-0.3, -0.25) is 4.79 Å². The zero-order valence-corrected chi connectivity index (χ0v) is 11.7. The summed E-state index contributed by atoms with van der Waals surface area (Å²) in [5.41, 5.74) is 0.155. The van der Waals surface area contributed by atoms with E-state index in [0.29, 0.717) is 4.88 Å². The third-order valence-electron chi connectivity index (χ3n) is 2.35. The van der Waals surface area contributed by atoms with Gasteiger partial charge in [0.15, 0.2) is 0 Å². The van der Waals surface area contributed by atoms with Crippen LogP contribution in [0, 0.1) is 0 Å². The fraction of sp³-hybridized carbons (Fsp3) is 0.0909. The first-order valence-corrected chi connectivity index (χ1v) is 6.37. The van der Waals surface area contributed by atoms with Gasteiger partial charge in [-0.1, -0.05) is 16.1 Å². The molecular weight excluding hydrogens is 306 g/mol. The highest BCUT2D eigenvalue weighted by molar-refractivity contribution is 7.07. The number of aromatic carboxylic acids is 1. The van der Waals surface area contributed by atoms with Crippen molar-refractivity contribution in [3.8, 4) is 5.75 Å². The van der Waals surface area contributed by atoms with Gasteiger partial charge in [0, 0.05) is 6.07 Å². The minimum absolute atomic E-state index is 0.0880. The van der Waals surface area contributed by atoms with E-state index in [1.54, 1.807) is 0 Å². The number of nitrogens with zero attached hydrogens (tertiary/aromatic N) is 2. The summed E-state index contributed by atoms with van der Waals surface area (Å²) >= 11 is 6.88. The van der Waals surface area contributed by atoms with Crippen LogP contribution in [0.25, 0.3) is 0 Å². The Balaban J connectivity index is 2.33. The molecule has 0 unspecified atom stereocenters. The quantitative estimate of drug-likeness (QED) is 0.896. The van der Waals surface area contributed by atoms with Crippen LogP contribution in [0.5, 0.6) is 5.75 Å². The molecule has 0 aliphatic heterocycles. The van der Waals surface area contributed by atoms with Crippen molar-refractivity contribution in [2.24, 2.45) is 0 Å². The fourth-order valence-corrected chi connectivity index (χ4v) is 2.06. The number of carboxylic acid groups (broad SMARTS) is 1. The highest BCUT2D eigenvalue weighted by Crippen LogP contribution is 2.31. The van der Waals surface area contributed by atoms with Gasteiger partial charge >= 0.3 is 5.97 Å². The number of rotatable bonds is 4. The summed E-state index contributed by atoms with van der Waals surface area (Å²) in [6.07, 6.45) is 1.32. The van der Waals surface area contributed by atoms with Gasteiger partial charge in [-0.2, -0.15) is 0 Å². The van der Waals surface area contributed by atoms with Crippen molar-refractivity contribution in [2.75, 3.05) is 12.4 Å². The molecule has 0 aliphatic carbocycles. The Labute approximate surface area is 122 Å². The van der Waals surface area contributed by atoms with E-state index in [1.165, 1.54) is 25.4 Å². The molecule has 9 heteroatoms. The van der Waals surface area contributed by atoms with Crippen molar-refractivity contribution in [3.05, 3.63) is 33.8 Å². The number of methoxy groups -OCH3 is 1. The molecule has 104 valence electrons. The van der Waals surface area contributed by atoms with Crippen LogP contribution in [0.4, 0.5) is 5.69 Å². The Morgan fingerprint density at radius 3 is 2.75 bits per heavy atom. The number of carbonyl (C=O) groups excluding carboxylic acids is 1. The predicted octanol–water partition coefficient (Wildman–Crippen LogP) is 2.15. The lowest BCUT2D eigenvalue weighted by Crippen LogP contribution is -2.11. The molecule has 0 saturated heterocycles. The van der Waals surface area contributed by atoms with E-state index >= 15 is 0 Å². The van der Waals surface area contributed by atoms with E-state index in [9.17, 15) is 9.59 Å². The molecule has 1 aromatic carbocycles. The molecule has 0 fully saturated rings. The fourth-order valence-electron chi connectivity index (χ4n) is 1.44. The number of aromatic nitrogens is 2. The smallest absolute Gasteiger partial charge is 0.339 e. The first-order valence-electron chi connectivity index (χ1n) is 5.22. The zero-order valence-electron chi connectivity index (χ0n) is 10.1. The molecule has 1 heterocycles. The second kappa shape index (κ2) is 5.85. The van der Waals surface area contributed by atoms with Crippen molar-refractivity contribution < 1.29 is 19.4 Å². The van der Waals surface area contributed by atoms with Crippen molar-refractivity contribution in [1.82, 2.24) is 9.59 Å². The maximum atomic E-state index is 11.8. The van der Waals surface area contributed by atoms with Crippen molar-refractivity contribution >= 4 is 40.7 Å². The zero-order chi connectivity index (χ0) is 14.7. The highest BCUT2D eigenvalue weighted by atomic mass is 35.5. The van der Waals surface area contributed by atoms with Gasteiger partial charge < -0.3 is 15.2 Å². The van der Waals surface area contributed by atoms with E-state index in [1.807, 2.05) is 0 Å².